The van der Waals surface area contributed by atoms with Crippen LogP contribution in [-0.2, 0) is 11.3 Å². The number of benzene rings is 2. The van der Waals surface area contributed by atoms with E-state index in [1.807, 2.05) is 6.92 Å². The van der Waals surface area contributed by atoms with Crippen molar-refractivity contribution in [1.82, 2.24) is 14.7 Å². The summed E-state index contributed by atoms with van der Waals surface area (Å²) in [6, 6.07) is 11.9. The zero-order chi connectivity index (χ0) is 25.4. The van der Waals surface area contributed by atoms with Crippen LogP contribution in [-0.4, -0.2) is 51.7 Å². The van der Waals surface area contributed by atoms with Gasteiger partial charge in [0.25, 0.3) is 0 Å². The molecule has 1 unspecified atom stereocenters. The first-order valence-electron chi connectivity index (χ1n) is 12.1. The van der Waals surface area contributed by atoms with Crippen molar-refractivity contribution >= 4 is 0 Å². The van der Waals surface area contributed by atoms with E-state index in [1.54, 1.807) is 28.9 Å². The maximum absolute atomic E-state index is 13.5. The standard InChI is InChI=1S/C27H35F2N3O3/c1-5-6-15-34-18-24(33)16-31(19(2)3)17-26-20(4)30-32(23-11-7-21(28)8-12-23)27(26)35-25-13-9-22(29)10-14-25/h7-14,19,24,33H,5-6,15-18H2,1-4H3. The van der Waals surface area contributed by atoms with Gasteiger partial charge in [-0.3, -0.25) is 4.90 Å². The number of hydrogen-bond donors (Lipinski definition) is 1. The largest absolute Gasteiger partial charge is 0.439 e. The van der Waals surface area contributed by atoms with E-state index in [2.05, 4.69) is 30.8 Å². The zero-order valence-corrected chi connectivity index (χ0v) is 20.9. The fourth-order valence-electron chi connectivity index (χ4n) is 3.65. The number of nitrogens with zero attached hydrogens (tertiary/aromatic N) is 3. The van der Waals surface area contributed by atoms with Crippen LogP contribution in [0.25, 0.3) is 5.69 Å². The van der Waals surface area contributed by atoms with E-state index in [0.29, 0.717) is 37.0 Å². The molecular formula is C27H35F2N3O3. The highest BCUT2D eigenvalue weighted by Gasteiger charge is 2.24. The lowest BCUT2D eigenvalue weighted by atomic mass is 10.2. The third kappa shape index (κ3) is 7.59. The molecule has 1 atom stereocenters. The summed E-state index contributed by atoms with van der Waals surface area (Å²) >= 11 is 0. The van der Waals surface area contributed by atoms with E-state index in [9.17, 15) is 13.9 Å². The fraction of sp³-hybridized carbons (Fsp3) is 0.444. The lowest BCUT2D eigenvalue weighted by Gasteiger charge is -2.29. The van der Waals surface area contributed by atoms with Crippen LogP contribution in [0.5, 0.6) is 11.6 Å². The number of halogens is 2. The average molecular weight is 488 g/mol. The first-order chi connectivity index (χ1) is 16.8. The first-order valence-corrected chi connectivity index (χ1v) is 12.1. The quantitative estimate of drug-likeness (QED) is 0.316. The molecule has 0 saturated carbocycles. The van der Waals surface area contributed by atoms with Crippen molar-refractivity contribution in [3.05, 3.63) is 71.4 Å². The highest BCUT2D eigenvalue weighted by molar-refractivity contribution is 5.43. The smallest absolute Gasteiger partial charge is 0.227 e. The summed E-state index contributed by atoms with van der Waals surface area (Å²) < 4.78 is 40.4. The molecule has 8 heteroatoms. The molecule has 0 saturated heterocycles. The van der Waals surface area contributed by atoms with Gasteiger partial charge in [0.1, 0.15) is 17.4 Å². The van der Waals surface area contributed by atoms with Gasteiger partial charge in [0, 0.05) is 25.7 Å². The molecule has 0 aliphatic carbocycles. The summed E-state index contributed by atoms with van der Waals surface area (Å²) in [6.45, 7) is 9.89. The van der Waals surface area contributed by atoms with Crippen molar-refractivity contribution in [2.45, 2.75) is 59.2 Å². The van der Waals surface area contributed by atoms with E-state index < -0.39 is 6.10 Å². The molecular weight excluding hydrogens is 452 g/mol. The Kier molecular flexibility index (Phi) is 9.77. The molecule has 0 spiro atoms. The minimum atomic E-state index is -0.636. The van der Waals surface area contributed by atoms with Crippen LogP contribution in [0.2, 0.25) is 0 Å². The van der Waals surface area contributed by atoms with Crippen LogP contribution in [0.4, 0.5) is 8.78 Å². The van der Waals surface area contributed by atoms with Gasteiger partial charge in [-0.25, -0.2) is 13.5 Å². The summed E-state index contributed by atoms with van der Waals surface area (Å²) in [5.74, 6) is 0.207. The fourth-order valence-corrected chi connectivity index (χ4v) is 3.65. The molecule has 0 amide bonds. The van der Waals surface area contributed by atoms with E-state index in [1.165, 1.54) is 24.3 Å². The zero-order valence-electron chi connectivity index (χ0n) is 20.9. The third-order valence-electron chi connectivity index (χ3n) is 5.73. The normalized spacial score (nSPS) is 12.5. The van der Waals surface area contributed by atoms with Gasteiger partial charge in [-0.05, 0) is 75.7 Å². The van der Waals surface area contributed by atoms with Gasteiger partial charge in [0.15, 0.2) is 0 Å². The lowest BCUT2D eigenvalue weighted by molar-refractivity contribution is 0.00842. The molecule has 1 aromatic heterocycles. The van der Waals surface area contributed by atoms with Crippen LogP contribution in [0.3, 0.4) is 0 Å². The maximum atomic E-state index is 13.5. The Bertz CT molecular complexity index is 1050. The number of aliphatic hydroxyl groups excluding tert-OH is 1. The summed E-state index contributed by atoms with van der Waals surface area (Å²) in [4.78, 5) is 2.13. The third-order valence-corrected chi connectivity index (χ3v) is 5.73. The van der Waals surface area contributed by atoms with E-state index in [4.69, 9.17) is 9.47 Å². The van der Waals surface area contributed by atoms with Crippen LogP contribution >= 0.6 is 0 Å². The Hall–Kier alpha value is -2.81. The van der Waals surface area contributed by atoms with E-state index >= 15 is 0 Å². The molecule has 0 radical (unpaired) electrons. The molecule has 1 heterocycles. The van der Waals surface area contributed by atoms with Gasteiger partial charge >= 0.3 is 0 Å². The summed E-state index contributed by atoms with van der Waals surface area (Å²) in [5, 5.41) is 15.2. The average Bonchev–Trinajstić information content (AvgIpc) is 3.13. The summed E-state index contributed by atoms with van der Waals surface area (Å²) in [6.07, 6.45) is 1.37. The molecule has 0 aliphatic rings. The number of rotatable bonds is 13. The van der Waals surface area contributed by atoms with Crippen molar-refractivity contribution in [3.8, 4) is 17.3 Å². The van der Waals surface area contributed by atoms with Gasteiger partial charge < -0.3 is 14.6 Å². The SMILES string of the molecule is CCCCOCC(O)CN(Cc1c(C)nn(-c2ccc(F)cc2)c1Oc1ccc(F)cc1)C(C)C. The van der Waals surface area contributed by atoms with E-state index in [-0.39, 0.29) is 24.3 Å². The van der Waals surface area contributed by atoms with Gasteiger partial charge in [-0.1, -0.05) is 13.3 Å². The predicted octanol–water partition coefficient (Wildman–Crippen LogP) is 5.64. The molecule has 0 bridgehead atoms. The van der Waals surface area contributed by atoms with Crippen LogP contribution < -0.4 is 4.74 Å². The Labute approximate surface area is 206 Å². The van der Waals surface area contributed by atoms with E-state index in [0.717, 1.165) is 24.1 Å². The predicted molar refractivity (Wildman–Crippen MR) is 132 cm³/mol. The number of hydrogen-bond acceptors (Lipinski definition) is 5. The minimum Gasteiger partial charge on any atom is -0.439 e. The van der Waals surface area contributed by atoms with Crippen molar-refractivity contribution in [2.75, 3.05) is 19.8 Å². The Morgan fingerprint density at radius 1 is 1.03 bits per heavy atom. The van der Waals surface area contributed by atoms with Crippen molar-refractivity contribution in [1.29, 1.82) is 0 Å². The topological polar surface area (TPSA) is 59.8 Å². The van der Waals surface area contributed by atoms with Crippen LogP contribution in [0, 0.1) is 18.6 Å². The van der Waals surface area contributed by atoms with Gasteiger partial charge in [-0.15, -0.1) is 0 Å². The minimum absolute atomic E-state index is 0.132. The molecule has 3 aromatic rings. The highest BCUT2D eigenvalue weighted by atomic mass is 19.1. The summed E-state index contributed by atoms with van der Waals surface area (Å²) in [5.41, 5.74) is 2.20. The number of aromatic nitrogens is 2. The van der Waals surface area contributed by atoms with Crippen molar-refractivity contribution in [2.24, 2.45) is 0 Å². The second-order valence-corrected chi connectivity index (χ2v) is 8.92. The summed E-state index contributed by atoms with van der Waals surface area (Å²) in [7, 11) is 0. The second kappa shape index (κ2) is 12.8. The molecule has 1 N–H and O–H groups in total. The van der Waals surface area contributed by atoms with Crippen LogP contribution in [0.15, 0.2) is 48.5 Å². The number of ether oxygens (including phenoxy) is 2. The second-order valence-electron chi connectivity index (χ2n) is 8.92. The van der Waals surface area contributed by atoms with Crippen LogP contribution in [0.1, 0.15) is 44.9 Å². The molecule has 35 heavy (non-hydrogen) atoms. The number of aliphatic hydroxyl groups is 1. The Balaban J connectivity index is 1.89. The molecule has 0 fully saturated rings. The molecule has 0 aliphatic heterocycles. The molecule has 2 aromatic carbocycles. The molecule has 190 valence electrons. The Morgan fingerprint density at radius 3 is 2.26 bits per heavy atom. The molecule has 3 rings (SSSR count). The molecule has 6 nitrogen and oxygen atoms in total. The lowest BCUT2D eigenvalue weighted by Crippen LogP contribution is -2.39. The van der Waals surface area contributed by atoms with Crippen molar-refractivity contribution < 1.29 is 23.4 Å². The monoisotopic (exact) mass is 487 g/mol. The van der Waals surface area contributed by atoms with Gasteiger partial charge in [0.05, 0.1) is 29.7 Å². The van der Waals surface area contributed by atoms with Crippen molar-refractivity contribution in [3.63, 3.8) is 0 Å². The van der Waals surface area contributed by atoms with Gasteiger partial charge in [0.2, 0.25) is 5.88 Å². The number of aryl methyl sites for hydroxylation is 1. The number of unbranched alkanes of at least 4 members (excludes halogenated alkanes) is 1. The first kappa shape index (κ1) is 26.8. The maximum Gasteiger partial charge on any atom is 0.227 e. The highest BCUT2D eigenvalue weighted by Crippen LogP contribution is 2.32. The Morgan fingerprint density at radius 2 is 1.66 bits per heavy atom. The van der Waals surface area contributed by atoms with Gasteiger partial charge in [-0.2, -0.15) is 5.10 Å².